The van der Waals surface area contributed by atoms with E-state index in [1.54, 1.807) is 7.05 Å². The fraction of sp³-hybridized carbons (Fsp3) is 0.200. The largest absolute Gasteiger partial charge is 0.465 e. The zero-order chi connectivity index (χ0) is 13.0. The van der Waals surface area contributed by atoms with Crippen molar-refractivity contribution in [3.63, 3.8) is 0 Å². The molecule has 0 spiro atoms. The summed E-state index contributed by atoms with van der Waals surface area (Å²) in [6.45, 7) is 0. The molecule has 0 N–H and O–H groups in total. The van der Waals surface area contributed by atoms with Crippen molar-refractivity contribution in [1.82, 2.24) is 0 Å². The number of aliphatic imine (C=N–C) groups is 1. The Morgan fingerprint density at radius 2 is 1.89 bits per heavy atom. The molecule has 0 aliphatic heterocycles. The molecule has 3 heteroatoms. The highest BCUT2D eigenvalue weighted by Crippen LogP contribution is 2.19. The number of hydrogen-bond acceptors (Lipinski definition) is 3. The number of rotatable bonds is 3. The first kappa shape index (κ1) is 12.3. The summed E-state index contributed by atoms with van der Waals surface area (Å²) >= 11 is 0. The van der Waals surface area contributed by atoms with Crippen molar-refractivity contribution in [3.8, 4) is 0 Å². The zero-order valence-electron chi connectivity index (χ0n) is 10.5. The zero-order valence-corrected chi connectivity index (χ0v) is 10.5. The molecule has 3 nitrogen and oxygen atoms in total. The van der Waals surface area contributed by atoms with Crippen LogP contribution in [0, 0.1) is 0 Å². The van der Waals surface area contributed by atoms with Gasteiger partial charge in [-0.2, -0.15) is 0 Å². The van der Waals surface area contributed by atoms with Crippen LogP contribution in [0.4, 0.5) is 0 Å². The maximum Gasteiger partial charge on any atom is 0.352 e. The monoisotopic (exact) mass is 241 g/mol. The smallest absolute Gasteiger partial charge is 0.352 e. The van der Waals surface area contributed by atoms with Crippen molar-refractivity contribution in [2.75, 3.05) is 14.2 Å². The highest BCUT2D eigenvalue weighted by Gasteiger charge is 2.12. The minimum Gasteiger partial charge on any atom is -0.465 e. The third-order valence-electron chi connectivity index (χ3n) is 2.93. The summed E-state index contributed by atoms with van der Waals surface area (Å²) < 4.78 is 4.72. The van der Waals surface area contributed by atoms with E-state index in [2.05, 4.69) is 23.2 Å². The summed E-state index contributed by atoms with van der Waals surface area (Å²) in [6.07, 6.45) is 0.491. The van der Waals surface area contributed by atoms with Crippen molar-refractivity contribution in [1.29, 1.82) is 0 Å². The number of methoxy groups -OCH3 is 1. The van der Waals surface area contributed by atoms with Crippen LogP contribution in [0.15, 0.2) is 47.5 Å². The van der Waals surface area contributed by atoms with Crippen molar-refractivity contribution in [2.45, 2.75) is 6.42 Å². The lowest BCUT2D eigenvalue weighted by atomic mass is 10.0. The molecule has 0 aliphatic carbocycles. The van der Waals surface area contributed by atoms with Gasteiger partial charge >= 0.3 is 5.97 Å². The van der Waals surface area contributed by atoms with Gasteiger partial charge in [-0.3, -0.25) is 4.99 Å². The van der Waals surface area contributed by atoms with Gasteiger partial charge < -0.3 is 4.74 Å². The van der Waals surface area contributed by atoms with Gasteiger partial charge in [0.1, 0.15) is 5.71 Å². The van der Waals surface area contributed by atoms with Crippen LogP contribution in [0.2, 0.25) is 0 Å². The van der Waals surface area contributed by atoms with Crippen LogP contribution >= 0.6 is 0 Å². The van der Waals surface area contributed by atoms with Crippen LogP contribution in [-0.2, 0) is 16.0 Å². The Labute approximate surface area is 106 Å². The standard InChI is InChI=1S/C15H15NO2/c1-16-14(15(17)18-2)10-12-8-5-7-11-6-3-4-9-13(11)12/h3-9H,10H2,1-2H3. The van der Waals surface area contributed by atoms with E-state index in [0.29, 0.717) is 12.1 Å². The van der Waals surface area contributed by atoms with E-state index in [1.165, 1.54) is 7.11 Å². The molecule has 92 valence electrons. The molecule has 0 saturated heterocycles. The fourth-order valence-electron chi connectivity index (χ4n) is 1.99. The Morgan fingerprint density at radius 3 is 2.61 bits per heavy atom. The predicted molar refractivity (Wildman–Crippen MR) is 73.0 cm³/mol. The molecule has 2 aromatic carbocycles. The van der Waals surface area contributed by atoms with Crippen LogP contribution in [-0.4, -0.2) is 25.8 Å². The van der Waals surface area contributed by atoms with Gasteiger partial charge in [0.2, 0.25) is 0 Å². The molecular formula is C15H15NO2. The van der Waals surface area contributed by atoms with Gasteiger partial charge in [-0.05, 0) is 16.3 Å². The van der Waals surface area contributed by atoms with E-state index >= 15 is 0 Å². The second kappa shape index (κ2) is 5.45. The lowest BCUT2D eigenvalue weighted by Gasteiger charge is -2.07. The number of benzene rings is 2. The second-order valence-corrected chi connectivity index (χ2v) is 3.98. The second-order valence-electron chi connectivity index (χ2n) is 3.98. The molecule has 0 radical (unpaired) electrons. The number of hydrogen-bond donors (Lipinski definition) is 0. The van der Waals surface area contributed by atoms with E-state index in [9.17, 15) is 4.79 Å². The van der Waals surface area contributed by atoms with Crippen molar-refractivity contribution >= 4 is 22.5 Å². The Morgan fingerprint density at radius 1 is 1.17 bits per heavy atom. The molecule has 2 rings (SSSR count). The molecular weight excluding hydrogens is 226 g/mol. The van der Waals surface area contributed by atoms with E-state index in [-0.39, 0.29) is 5.97 Å². The highest BCUT2D eigenvalue weighted by molar-refractivity contribution is 6.37. The number of carbonyl (C=O) groups excluding carboxylic acids is 1. The van der Waals surface area contributed by atoms with Gasteiger partial charge in [0.15, 0.2) is 0 Å². The number of carbonyl (C=O) groups is 1. The lowest BCUT2D eigenvalue weighted by molar-refractivity contribution is -0.132. The molecule has 0 atom stereocenters. The Balaban J connectivity index is 2.40. The van der Waals surface area contributed by atoms with Gasteiger partial charge in [0.25, 0.3) is 0 Å². The van der Waals surface area contributed by atoms with Gasteiger partial charge in [-0.25, -0.2) is 4.79 Å². The van der Waals surface area contributed by atoms with Crippen LogP contribution < -0.4 is 0 Å². The van der Waals surface area contributed by atoms with Crippen molar-refractivity contribution in [2.24, 2.45) is 4.99 Å². The third-order valence-corrected chi connectivity index (χ3v) is 2.93. The normalized spacial score (nSPS) is 11.6. The molecule has 0 amide bonds. The maximum atomic E-state index is 11.5. The van der Waals surface area contributed by atoms with Crippen molar-refractivity contribution in [3.05, 3.63) is 48.0 Å². The van der Waals surface area contributed by atoms with Gasteiger partial charge in [0.05, 0.1) is 7.11 Å². The fourth-order valence-corrected chi connectivity index (χ4v) is 1.99. The minimum atomic E-state index is -0.370. The predicted octanol–water partition coefficient (Wildman–Crippen LogP) is 2.63. The summed E-state index contributed by atoms with van der Waals surface area (Å²) in [5, 5.41) is 2.31. The molecule has 0 saturated carbocycles. The summed E-state index contributed by atoms with van der Waals surface area (Å²) in [5.74, 6) is -0.370. The van der Waals surface area contributed by atoms with E-state index < -0.39 is 0 Å². The van der Waals surface area contributed by atoms with E-state index in [0.717, 1.165) is 16.3 Å². The Bertz CT molecular complexity index is 597. The third kappa shape index (κ3) is 2.40. The molecule has 0 fully saturated rings. The first-order chi connectivity index (χ1) is 8.76. The molecule has 0 unspecified atom stereocenters. The van der Waals surface area contributed by atoms with Crippen LogP contribution in [0.3, 0.4) is 0 Å². The number of ether oxygens (including phenoxy) is 1. The van der Waals surface area contributed by atoms with Crippen LogP contribution in [0.25, 0.3) is 10.8 Å². The minimum absolute atomic E-state index is 0.370. The van der Waals surface area contributed by atoms with Crippen LogP contribution in [0.1, 0.15) is 5.56 Å². The van der Waals surface area contributed by atoms with Crippen LogP contribution in [0.5, 0.6) is 0 Å². The summed E-state index contributed by atoms with van der Waals surface area (Å²) in [7, 11) is 2.98. The number of nitrogens with zero attached hydrogens (tertiary/aromatic N) is 1. The summed E-state index contributed by atoms with van der Waals surface area (Å²) in [6, 6.07) is 14.2. The maximum absolute atomic E-state index is 11.5. The van der Waals surface area contributed by atoms with E-state index in [4.69, 9.17) is 4.74 Å². The quantitative estimate of drug-likeness (QED) is 0.612. The molecule has 0 bridgehead atoms. The van der Waals surface area contributed by atoms with Crippen molar-refractivity contribution < 1.29 is 9.53 Å². The van der Waals surface area contributed by atoms with Gasteiger partial charge in [-0.1, -0.05) is 42.5 Å². The Kier molecular flexibility index (Phi) is 3.72. The Hall–Kier alpha value is -2.16. The average molecular weight is 241 g/mol. The number of fused-ring (bicyclic) bond motifs is 1. The molecule has 18 heavy (non-hydrogen) atoms. The summed E-state index contributed by atoms with van der Waals surface area (Å²) in [5.41, 5.74) is 1.52. The molecule has 0 aromatic heterocycles. The average Bonchev–Trinajstić information content (AvgIpc) is 2.44. The first-order valence-corrected chi connectivity index (χ1v) is 5.77. The summed E-state index contributed by atoms with van der Waals surface area (Å²) in [4.78, 5) is 15.5. The van der Waals surface area contributed by atoms with Gasteiger partial charge in [-0.15, -0.1) is 0 Å². The number of esters is 1. The first-order valence-electron chi connectivity index (χ1n) is 5.77. The molecule has 0 heterocycles. The lowest BCUT2D eigenvalue weighted by Crippen LogP contribution is -2.18. The van der Waals surface area contributed by atoms with Gasteiger partial charge in [0, 0.05) is 13.5 Å². The molecule has 2 aromatic rings. The topological polar surface area (TPSA) is 38.7 Å². The highest BCUT2D eigenvalue weighted by atomic mass is 16.5. The SMILES string of the molecule is CN=C(Cc1cccc2ccccc12)C(=O)OC. The molecule has 0 aliphatic rings. The van der Waals surface area contributed by atoms with E-state index in [1.807, 2.05) is 24.3 Å².